The Kier molecular flexibility index (Phi) is 4.69. The maximum atomic E-state index is 11.8. The average Bonchev–Trinajstić information content (AvgIpc) is 2.30. The van der Waals surface area contributed by atoms with Gasteiger partial charge in [-0.3, -0.25) is 4.79 Å². The molecular weight excluding hydrogens is 218 g/mol. The van der Waals surface area contributed by atoms with Gasteiger partial charge in [-0.15, -0.1) is 0 Å². The van der Waals surface area contributed by atoms with Crippen LogP contribution in [0.3, 0.4) is 0 Å². The van der Waals surface area contributed by atoms with Gasteiger partial charge in [-0.1, -0.05) is 12.1 Å². The van der Waals surface area contributed by atoms with Crippen LogP contribution in [0.2, 0.25) is 0 Å². The number of hydrogen-bond donors (Lipinski definition) is 0. The predicted molar refractivity (Wildman–Crippen MR) is 65.8 cm³/mol. The Hall–Kier alpha value is -1.84. The molecule has 0 aromatic heterocycles. The summed E-state index contributed by atoms with van der Waals surface area (Å²) in [5, 5.41) is 0. The van der Waals surface area contributed by atoms with Gasteiger partial charge in [-0.05, 0) is 38.5 Å². The van der Waals surface area contributed by atoms with Crippen LogP contribution >= 0.6 is 0 Å². The minimum atomic E-state index is -0.809. The number of benzene rings is 1. The molecule has 0 radical (unpaired) electrons. The zero-order chi connectivity index (χ0) is 12.8. The number of hydrogen-bond acceptors (Lipinski definition) is 3. The van der Waals surface area contributed by atoms with Crippen molar-refractivity contribution in [3.63, 3.8) is 0 Å². The SMILES string of the molecule is CCOC(=O)C(=O)N(CC)c1cccc(C)c1. The van der Waals surface area contributed by atoms with E-state index in [4.69, 9.17) is 4.74 Å². The fourth-order valence-electron chi connectivity index (χ4n) is 1.54. The molecule has 1 aromatic rings. The van der Waals surface area contributed by atoms with Gasteiger partial charge < -0.3 is 9.64 Å². The Morgan fingerprint density at radius 1 is 1.29 bits per heavy atom. The lowest BCUT2D eigenvalue weighted by Gasteiger charge is -2.20. The van der Waals surface area contributed by atoms with Gasteiger partial charge in [0.1, 0.15) is 0 Å². The Morgan fingerprint density at radius 3 is 2.53 bits per heavy atom. The van der Waals surface area contributed by atoms with Crippen molar-refractivity contribution in [3.8, 4) is 0 Å². The normalized spacial score (nSPS) is 9.82. The molecule has 0 aliphatic carbocycles. The first-order valence-electron chi connectivity index (χ1n) is 5.65. The van der Waals surface area contributed by atoms with E-state index in [1.807, 2.05) is 32.0 Å². The molecule has 0 fully saturated rings. The highest BCUT2D eigenvalue weighted by Gasteiger charge is 2.23. The maximum absolute atomic E-state index is 11.8. The van der Waals surface area contributed by atoms with Gasteiger partial charge in [-0.25, -0.2) is 4.79 Å². The number of likely N-dealkylation sites (N-methyl/N-ethyl adjacent to an activating group) is 1. The number of nitrogens with zero attached hydrogens (tertiary/aromatic N) is 1. The van der Waals surface area contributed by atoms with Gasteiger partial charge in [0.25, 0.3) is 0 Å². The number of rotatable bonds is 3. The molecule has 0 saturated heterocycles. The molecule has 92 valence electrons. The molecule has 0 saturated carbocycles. The molecule has 0 atom stereocenters. The average molecular weight is 235 g/mol. The molecule has 1 amide bonds. The zero-order valence-electron chi connectivity index (χ0n) is 10.4. The topological polar surface area (TPSA) is 46.6 Å². The molecule has 0 spiro atoms. The second kappa shape index (κ2) is 6.03. The van der Waals surface area contributed by atoms with Crippen molar-refractivity contribution >= 4 is 17.6 Å². The number of anilines is 1. The molecule has 0 bridgehead atoms. The Labute approximate surface area is 101 Å². The molecule has 1 rings (SSSR count). The maximum Gasteiger partial charge on any atom is 0.397 e. The molecule has 17 heavy (non-hydrogen) atoms. The van der Waals surface area contributed by atoms with Crippen LogP contribution in [0.15, 0.2) is 24.3 Å². The Morgan fingerprint density at radius 2 is 2.00 bits per heavy atom. The number of ether oxygens (including phenoxy) is 1. The number of aryl methyl sites for hydroxylation is 1. The smallest absolute Gasteiger partial charge is 0.397 e. The number of carbonyl (C=O) groups is 2. The molecular formula is C13H17NO3. The van der Waals surface area contributed by atoms with Crippen molar-refractivity contribution in [2.45, 2.75) is 20.8 Å². The van der Waals surface area contributed by atoms with E-state index >= 15 is 0 Å². The first-order valence-corrected chi connectivity index (χ1v) is 5.65. The van der Waals surface area contributed by atoms with E-state index in [0.29, 0.717) is 12.2 Å². The summed E-state index contributed by atoms with van der Waals surface area (Å²) < 4.78 is 4.71. The zero-order valence-corrected chi connectivity index (χ0v) is 10.4. The summed E-state index contributed by atoms with van der Waals surface area (Å²) in [4.78, 5) is 24.6. The lowest BCUT2D eigenvalue weighted by atomic mass is 10.2. The van der Waals surface area contributed by atoms with Gasteiger partial charge in [0.2, 0.25) is 0 Å². The number of amides is 1. The van der Waals surface area contributed by atoms with Crippen molar-refractivity contribution < 1.29 is 14.3 Å². The van der Waals surface area contributed by atoms with Crippen LogP contribution in [0, 0.1) is 6.92 Å². The second-order valence-electron chi connectivity index (χ2n) is 3.61. The molecule has 4 nitrogen and oxygen atoms in total. The highest BCUT2D eigenvalue weighted by atomic mass is 16.5. The summed E-state index contributed by atoms with van der Waals surface area (Å²) in [6.45, 7) is 6.07. The van der Waals surface area contributed by atoms with E-state index in [1.165, 1.54) is 4.90 Å². The lowest BCUT2D eigenvalue weighted by Crippen LogP contribution is -2.37. The fourth-order valence-corrected chi connectivity index (χ4v) is 1.54. The number of esters is 1. The molecule has 0 aliphatic rings. The van der Waals surface area contributed by atoms with Crippen molar-refractivity contribution in [2.24, 2.45) is 0 Å². The molecule has 0 unspecified atom stereocenters. The van der Waals surface area contributed by atoms with E-state index in [2.05, 4.69) is 0 Å². The molecule has 0 aliphatic heterocycles. The predicted octanol–water partition coefficient (Wildman–Crippen LogP) is 1.91. The summed E-state index contributed by atoms with van der Waals surface area (Å²) in [6, 6.07) is 7.45. The third-order valence-electron chi connectivity index (χ3n) is 2.32. The molecule has 4 heteroatoms. The van der Waals surface area contributed by atoms with Gasteiger partial charge in [0, 0.05) is 12.2 Å². The quantitative estimate of drug-likeness (QED) is 0.594. The summed E-state index contributed by atoms with van der Waals surface area (Å²) in [5.41, 5.74) is 1.75. The fraction of sp³-hybridized carbons (Fsp3) is 0.385. The monoisotopic (exact) mass is 235 g/mol. The van der Waals surface area contributed by atoms with Gasteiger partial charge in [0.05, 0.1) is 6.61 Å². The minimum Gasteiger partial charge on any atom is -0.459 e. The van der Waals surface area contributed by atoms with Gasteiger partial charge >= 0.3 is 11.9 Å². The van der Waals surface area contributed by atoms with Crippen molar-refractivity contribution in [1.29, 1.82) is 0 Å². The van der Waals surface area contributed by atoms with Gasteiger partial charge in [-0.2, -0.15) is 0 Å². The second-order valence-corrected chi connectivity index (χ2v) is 3.61. The number of carbonyl (C=O) groups excluding carboxylic acids is 2. The highest BCUT2D eigenvalue weighted by Crippen LogP contribution is 2.16. The third kappa shape index (κ3) is 3.31. The highest BCUT2D eigenvalue weighted by molar-refractivity contribution is 6.38. The summed E-state index contributed by atoms with van der Waals surface area (Å²) in [7, 11) is 0. The standard InChI is InChI=1S/C13H17NO3/c1-4-14(12(15)13(16)17-5-2)11-8-6-7-10(3)9-11/h6-9H,4-5H2,1-3H3. The van der Waals surface area contributed by atoms with Crippen LogP contribution in [0.4, 0.5) is 5.69 Å². The summed E-state index contributed by atoms with van der Waals surface area (Å²) >= 11 is 0. The molecule has 0 heterocycles. The van der Waals surface area contributed by atoms with Crippen molar-refractivity contribution in [3.05, 3.63) is 29.8 Å². The van der Waals surface area contributed by atoms with E-state index in [9.17, 15) is 9.59 Å². The Balaban J connectivity index is 2.92. The third-order valence-corrected chi connectivity index (χ3v) is 2.32. The van der Waals surface area contributed by atoms with E-state index in [0.717, 1.165) is 5.56 Å². The van der Waals surface area contributed by atoms with Crippen molar-refractivity contribution in [1.82, 2.24) is 0 Å². The van der Waals surface area contributed by atoms with Crippen LogP contribution in [0.1, 0.15) is 19.4 Å². The van der Waals surface area contributed by atoms with Crippen LogP contribution in [0.25, 0.3) is 0 Å². The largest absolute Gasteiger partial charge is 0.459 e. The Bertz CT molecular complexity index is 415. The van der Waals surface area contributed by atoms with E-state index in [-0.39, 0.29) is 6.61 Å². The first kappa shape index (κ1) is 13.2. The minimum absolute atomic E-state index is 0.204. The lowest BCUT2D eigenvalue weighted by molar-refractivity contribution is -0.153. The molecule has 0 N–H and O–H groups in total. The van der Waals surface area contributed by atoms with E-state index in [1.54, 1.807) is 13.0 Å². The van der Waals surface area contributed by atoms with Crippen LogP contribution in [0.5, 0.6) is 0 Å². The van der Waals surface area contributed by atoms with Crippen molar-refractivity contribution in [2.75, 3.05) is 18.1 Å². The van der Waals surface area contributed by atoms with Crippen LogP contribution < -0.4 is 4.90 Å². The van der Waals surface area contributed by atoms with Gasteiger partial charge in [0.15, 0.2) is 0 Å². The van der Waals surface area contributed by atoms with Crippen LogP contribution in [-0.2, 0) is 14.3 Å². The molecule has 1 aromatic carbocycles. The summed E-state index contributed by atoms with van der Waals surface area (Å²) in [5.74, 6) is -1.43. The summed E-state index contributed by atoms with van der Waals surface area (Å²) in [6.07, 6.45) is 0. The van der Waals surface area contributed by atoms with Crippen LogP contribution in [-0.4, -0.2) is 25.0 Å². The van der Waals surface area contributed by atoms with E-state index < -0.39 is 11.9 Å². The first-order chi connectivity index (χ1) is 8.10.